The molecule has 0 spiro atoms. The molecule has 1 heterocycles. The van der Waals surface area contributed by atoms with E-state index in [1.165, 1.54) is 0 Å². The molecule has 1 rings (SSSR count). The molecule has 0 radical (unpaired) electrons. The summed E-state index contributed by atoms with van der Waals surface area (Å²) in [6, 6.07) is 4.41. The summed E-state index contributed by atoms with van der Waals surface area (Å²) in [4.78, 5) is 0. The van der Waals surface area contributed by atoms with Gasteiger partial charge in [0.05, 0.1) is 11.0 Å². The zero-order chi connectivity index (χ0) is 13.8. The summed E-state index contributed by atoms with van der Waals surface area (Å²) < 4.78 is 25.6. The molecule has 0 saturated heterocycles. The summed E-state index contributed by atoms with van der Waals surface area (Å²) in [5, 5.41) is 3.04. The van der Waals surface area contributed by atoms with Crippen molar-refractivity contribution >= 4 is 9.84 Å². The minimum atomic E-state index is -2.96. The fraction of sp³-hybridized carbons (Fsp3) is 0.692. The Balaban J connectivity index is 2.61. The Morgan fingerprint density at radius 2 is 1.94 bits per heavy atom. The molecule has 18 heavy (non-hydrogen) atoms. The highest BCUT2D eigenvalue weighted by Crippen LogP contribution is 2.06. The Morgan fingerprint density at radius 3 is 2.50 bits per heavy atom. The van der Waals surface area contributed by atoms with E-state index in [9.17, 15) is 8.42 Å². The number of aryl methyl sites for hydroxylation is 1. The molecule has 0 saturated carbocycles. The standard InChI is InChI=1S/C13H24N2O2S/c1-11(2)14-10-13-6-5-7-15(13)8-9-18(16,17)12(3)4/h5-7,11-12,14H,8-10H2,1-4H3. The number of nitrogens with one attached hydrogen (secondary N) is 1. The Hall–Kier alpha value is -0.810. The van der Waals surface area contributed by atoms with Crippen LogP contribution in [-0.2, 0) is 22.9 Å². The first-order chi connectivity index (χ1) is 8.33. The first kappa shape index (κ1) is 15.2. The summed E-state index contributed by atoms with van der Waals surface area (Å²) in [6.45, 7) is 8.94. The van der Waals surface area contributed by atoms with Crippen LogP contribution in [0, 0.1) is 0 Å². The van der Waals surface area contributed by atoms with Crippen LogP contribution in [0.5, 0.6) is 0 Å². The zero-order valence-electron chi connectivity index (χ0n) is 11.7. The van der Waals surface area contributed by atoms with E-state index in [2.05, 4.69) is 19.2 Å². The van der Waals surface area contributed by atoms with Crippen LogP contribution in [0.15, 0.2) is 18.3 Å². The van der Waals surface area contributed by atoms with Crippen molar-refractivity contribution in [3.05, 3.63) is 24.0 Å². The summed E-state index contributed by atoms with van der Waals surface area (Å²) in [6.07, 6.45) is 1.94. The molecule has 0 amide bonds. The minimum absolute atomic E-state index is 0.202. The van der Waals surface area contributed by atoms with Crippen molar-refractivity contribution in [3.8, 4) is 0 Å². The van der Waals surface area contributed by atoms with Gasteiger partial charge in [-0.1, -0.05) is 13.8 Å². The van der Waals surface area contributed by atoms with Gasteiger partial charge < -0.3 is 9.88 Å². The third-order valence-electron chi connectivity index (χ3n) is 2.95. The molecule has 4 nitrogen and oxygen atoms in total. The van der Waals surface area contributed by atoms with Gasteiger partial charge in [0.25, 0.3) is 0 Å². The van der Waals surface area contributed by atoms with Crippen LogP contribution in [0.1, 0.15) is 33.4 Å². The van der Waals surface area contributed by atoms with Crippen LogP contribution in [0.2, 0.25) is 0 Å². The van der Waals surface area contributed by atoms with Crippen molar-refractivity contribution in [3.63, 3.8) is 0 Å². The Morgan fingerprint density at radius 1 is 1.28 bits per heavy atom. The van der Waals surface area contributed by atoms with Crippen LogP contribution in [-0.4, -0.2) is 30.0 Å². The lowest BCUT2D eigenvalue weighted by Gasteiger charge is -2.13. The number of sulfone groups is 1. The molecule has 0 aliphatic carbocycles. The highest BCUT2D eigenvalue weighted by molar-refractivity contribution is 7.91. The van der Waals surface area contributed by atoms with Gasteiger partial charge in [-0.05, 0) is 26.0 Å². The predicted molar refractivity (Wildman–Crippen MR) is 75.3 cm³/mol. The number of aromatic nitrogens is 1. The number of hydrogen-bond acceptors (Lipinski definition) is 3. The fourth-order valence-corrected chi connectivity index (χ4v) is 2.52. The molecule has 1 aromatic rings. The third-order valence-corrected chi connectivity index (χ3v) is 5.14. The maximum atomic E-state index is 11.8. The zero-order valence-corrected chi connectivity index (χ0v) is 12.5. The first-order valence-corrected chi connectivity index (χ1v) is 8.13. The third kappa shape index (κ3) is 4.46. The Labute approximate surface area is 110 Å². The monoisotopic (exact) mass is 272 g/mol. The van der Waals surface area contributed by atoms with Gasteiger partial charge in [-0.3, -0.25) is 0 Å². The largest absolute Gasteiger partial charge is 0.349 e. The number of hydrogen-bond donors (Lipinski definition) is 1. The van der Waals surface area contributed by atoms with E-state index in [1.807, 2.05) is 22.9 Å². The lowest BCUT2D eigenvalue weighted by molar-refractivity contribution is 0.554. The van der Waals surface area contributed by atoms with Gasteiger partial charge >= 0.3 is 0 Å². The second-order valence-corrected chi connectivity index (χ2v) is 7.82. The second-order valence-electron chi connectivity index (χ2n) is 5.14. The molecule has 104 valence electrons. The van der Waals surface area contributed by atoms with Gasteiger partial charge in [0.2, 0.25) is 0 Å². The Kier molecular flexibility index (Phi) is 5.41. The molecule has 0 aliphatic heterocycles. The van der Waals surface area contributed by atoms with Gasteiger partial charge in [0.15, 0.2) is 9.84 Å². The minimum Gasteiger partial charge on any atom is -0.349 e. The van der Waals surface area contributed by atoms with Crippen molar-refractivity contribution in [1.82, 2.24) is 9.88 Å². The van der Waals surface area contributed by atoms with Crippen LogP contribution < -0.4 is 5.32 Å². The maximum absolute atomic E-state index is 11.8. The molecule has 5 heteroatoms. The van der Waals surface area contributed by atoms with E-state index in [1.54, 1.807) is 13.8 Å². The lowest BCUT2D eigenvalue weighted by Crippen LogP contribution is -2.25. The fourth-order valence-electron chi connectivity index (χ4n) is 1.60. The molecule has 0 aromatic carbocycles. The lowest BCUT2D eigenvalue weighted by atomic mass is 10.3. The summed E-state index contributed by atoms with van der Waals surface area (Å²) in [7, 11) is -2.96. The topological polar surface area (TPSA) is 51.1 Å². The van der Waals surface area contributed by atoms with Gasteiger partial charge in [-0.25, -0.2) is 8.42 Å². The van der Waals surface area contributed by atoms with Crippen LogP contribution >= 0.6 is 0 Å². The van der Waals surface area contributed by atoms with E-state index in [-0.39, 0.29) is 11.0 Å². The predicted octanol–water partition coefficient (Wildman–Crippen LogP) is 1.81. The van der Waals surface area contributed by atoms with Gasteiger partial charge in [0, 0.05) is 31.0 Å². The van der Waals surface area contributed by atoms with Crippen molar-refractivity contribution in [2.24, 2.45) is 0 Å². The maximum Gasteiger partial charge on any atom is 0.154 e. The quantitative estimate of drug-likeness (QED) is 0.823. The normalized spacial score (nSPS) is 12.6. The molecule has 0 fully saturated rings. The first-order valence-electron chi connectivity index (χ1n) is 6.42. The van der Waals surface area contributed by atoms with Gasteiger partial charge in [0.1, 0.15) is 0 Å². The molecule has 0 atom stereocenters. The highest BCUT2D eigenvalue weighted by atomic mass is 32.2. The van der Waals surface area contributed by atoms with Crippen molar-refractivity contribution < 1.29 is 8.42 Å². The summed E-state index contributed by atoms with van der Waals surface area (Å²) in [5.41, 5.74) is 1.13. The molecule has 1 N–H and O–H groups in total. The molecule has 0 aliphatic rings. The molecule has 0 bridgehead atoms. The summed E-state index contributed by atoms with van der Waals surface area (Å²) in [5.74, 6) is 0.202. The number of nitrogens with zero attached hydrogens (tertiary/aromatic N) is 1. The van der Waals surface area contributed by atoms with Crippen LogP contribution in [0.4, 0.5) is 0 Å². The number of rotatable bonds is 7. The average molecular weight is 272 g/mol. The van der Waals surface area contributed by atoms with E-state index in [0.29, 0.717) is 12.6 Å². The van der Waals surface area contributed by atoms with Gasteiger partial charge in [-0.2, -0.15) is 0 Å². The molecule has 1 aromatic heterocycles. The molecular weight excluding hydrogens is 248 g/mol. The molecular formula is C13H24N2O2S. The SMILES string of the molecule is CC(C)NCc1cccn1CCS(=O)(=O)C(C)C. The average Bonchev–Trinajstić information content (AvgIpc) is 2.70. The van der Waals surface area contributed by atoms with E-state index in [4.69, 9.17) is 0 Å². The van der Waals surface area contributed by atoms with E-state index >= 15 is 0 Å². The molecule has 0 unspecified atom stereocenters. The van der Waals surface area contributed by atoms with Crippen LogP contribution in [0.3, 0.4) is 0 Å². The van der Waals surface area contributed by atoms with Crippen molar-refractivity contribution in [1.29, 1.82) is 0 Å². The Bertz CT molecular complexity index is 461. The highest BCUT2D eigenvalue weighted by Gasteiger charge is 2.16. The van der Waals surface area contributed by atoms with Gasteiger partial charge in [-0.15, -0.1) is 0 Å². The van der Waals surface area contributed by atoms with Crippen molar-refractivity contribution in [2.45, 2.75) is 52.1 Å². The second kappa shape index (κ2) is 6.38. The smallest absolute Gasteiger partial charge is 0.154 e. The summed E-state index contributed by atoms with van der Waals surface area (Å²) >= 11 is 0. The van der Waals surface area contributed by atoms with E-state index < -0.39 is 9.84 Å². The van der Waals surface area contributed by atoms with Crippen molar-refractivity contribution in [2.75, 3.05) is 5.75 Å². The van der Waals surface area contributed by atoms with Crippen LogP contribution in [0.25, 0.3) is 0 Å². The van der Waals surface area contributed by atoms with E-state index in [0.717, 1.165) is 12.2 Å².